The van der Waals surface area contributed by atoms with E-state index >= 15 is 0 Å². The third kappa shape index (κ3) is 6.06. The lowest BCUT2D eigenvalue weighted by atomic mass is 9.92. The van der Waals surface area contributed by atoms with Crippen LogP contribution in [0.15, 0.2) is 67.1 Å². The Bertz CT molecular complexity index is 1050. The summed E-state index contributed by atoms with van der Waals surface area (Å²) < 4.78 is 7.41. The molecule has 1 atom stereocenters. The minimum Gasteiger partial charge on any atom is -0.495 e. The van der Waals surface area contributed by atoms with E-state index in [1.54, 1.807) is 33.4 Å². The van der Waals surface area contributed by atoms with Gasteiger partial charge >= 0.3 is 0 Å². The van der Waals surface area contributed by atoms with E-state index in [1.807, 2.05) is 66.2 Å². The van der Waals surface area contributed by atoms with Crippen molar-refractivity contribution in [2.45, 2.75) is 38.8 Å². The maximum Gasteiger partial charge on any atom is 0.244 e. The first-order valence-corrected chi connectivity index (χ1v) is 10.2. The summed E-state index contributed by atoms with van der Waals surface area (Å²) in [6.07, 6.45) is 7.39. The van der Waals surface area contributed by atoms with Gasteiger partial charge in [0.25, 0.3) is 0 Å². The van der Waals surface area contributed by atoms with E-state index in [1.165, 1.54) is 6.08 Å². The normalized spacial score (nSPS) is 12.7. The smallest absolute Gasteiger partial charge is 0.244 e. The van der Waals surface area contributed by atoms with E-state index < -0.39 is 11.6 Å². The Kier molecular flexibility index (Phi) is 6.92. The largest absolute Gasteiger partial charge is 0.495 e. The van der Waals surface area contributed by atoms with E-state index in [4.69, 9.17) is 4.74 Å². The summed E-state index contributed by atoms with van der Waals surface area (Å²) in [4.78, 5) is 16.8. The summed E-state index contributed by atoms with van der Waals surface area (Å²) in [5, 5.41) is 13.4. The molecule has 0 spiro atoms. The van der Waals surface area contributed by atoms with E-state index in [2.05, 4.69) is 10.3 Å². The molecule has 1 unspecified atom stereocenters. The fraction of sp³-hybridized carbons (Fsp3) is 0.280. The zero-order chi connectivity index (χ0) is 22.4. The number of methoxy groups -OCH3 is 1. The Morgan fingerprint density at radius 1 is 1.26 bits per heavy atom. The number of aliphatic hydroxyl groups is 1. The molecule has 6 heteroatoms. The molecule has 2 N–H and O–H groups in total. The molecule has 0 aliphatic carbocycles. The lowest BCUT2D eigenvalue weighted by Crippen LogP contribution is -2.50. The molecule has 0 radical (unpaired) electrons. The average molecular weight is 420 g/mol. The number of aromatic nitrogens is 2. The van der Waals surface area contributed by atoms with Crippen molar-refractivity contribution < 1.29 is 14.6 Å². The minimum atomic E-state index is -1.06. The predicted octanol–water partition coefficient (Wildman–Crippen LogP) is 3.70. The molecule has 3 aromatic rings. The number of hydrogen-bond acceptors (Lipinski definition) is 4. The van der Waals surface area contributed by atoms with Crippen molar-refractivity contribution >= 4 is 12.0 Å². The molecule has 0 aliphatic heterocycles. The summed E-state index contributed by atoms with van der Waals surface area (Å²) in [6.45, 7) is 5.33. The number of ether oxygens (including phenoxy) is 1. The van der Waals surface area contributed by atoms with Crippen LogP contribution >= 0.6 is 0 Å². The van der Waals surface area contributed by atoms with Crippen LogP contribution < -0.4 is 10.1 Å². The number of rotatable bonds is 8. The van der Waals surface area contributed by atoms with Gasteiger partial charge in [-0.05, 0) is 56.5 Å². The Balaban J connectivity index is 1.72. The van der Waals surface area contributed by atoms with Gasteiger partial charge < -0.3 is 19.7 Å². The molecule has 6 nitrogen and oxygen atoms in total. The van der Waals surface area contributed by atoms with Crippen LogP contribution in [-0.2, 0) is 11.2 Å². The lowest BCUT2D eigenvalue weighted by molar-refractivity contribution is -0.119. The van der Waals surface area contributed by atoms with Crippen LogP contribution in [0.4, 0.5) is 0 Å². The van der Waals surface area contributed by atoms with E-state index in [9.17, 15) is 9.90 Å². The first kappa shape index (κ1) is 22.3. The summed E-state index contributed by atoms with van der Waals surface area (Å²) in [5.41, 5.74) is 2.60. The van der Waals surface area contributed by atoms with E-state index in [0.29, 0.717) is 12.2 Å². The molecule has 0 fully saturated rings. The van der Waals surface area contributed by atoms with Crippen molar-refractivity contribution in [3.8, 4) is 11.4 Å². The third-order valence-electron chi connectivity index (χ3n) is 5.07. The maximum absolute atomic E-state index is 12.6. The maximum atomic E-state index is 12.6. The van der Waals surface area contributed by atoms with Crippen molar-refractivity contribution in [2.75, 3.05) is 7.11 Å². The molecule has 0 saturated heterocycles. The second-order valence-electron chi connectivity index (χ2n) is 8.09. The Labute approximate surface area is 183 Å². The fourth-order valence-corrected chi connectivity index (χ4v) is 3.28. The van der Waals surface area contributed by atoms with Gasteiger partial charge in [0.1, 0.15) is 5.75 Å². The van der Waals surface area contributed by atoms with E-state index in [-0.39, 0.29) is 5.91 Å². The highest BCUT2D eigenvalue weighted by Gasteiger charge is 2.28. The van der Waals surface area contributed by atoms with Crippen molar-refractivity contribution in [3.63, 3.8) is 0 Å². The molecule has 31 heavy (non-hydrogen) atoms. The summed E-state index contributed by atoms with van der Waals surface area (Å²) in [6, 6.07) is 15.1. The van der Waals surface area contributed by atoms with Crippen LogP contribution in [0, 0.1) is 6.92 Å². The van der Waals surface area contributed by atoms with Crippen molar-refractivity contribution in [1.82, 2.24) is 14.9 Å². The van der Waals surface area contributed by atoms with E-state index in [0.717, 1.165) is 22.5 Å². The topological polar surface area (TPSA) is 76.4 Å². The van der Waals surface area contributed by atoms with Crippen LogP contribution in [0.3, 0.4) is 0 Å². The van der Waals surface area contributed by atoms with Crippen molar-refractivity contribution in [3.05, 3.63) is 84.0 Å². The van der Waals surface area contributed by atoms with Crippen LogP contribution in [0.1, 0.15) is 30.7 Å². The Morgan fingerprint density at radius 3 is 2.61 bits per heavy atom. The van der Waals surface area contributed by atoms with Crippen molar-refractivity contribution in [1.29, 1.82) is 0 Å². The SMILES string of the molecule is COc1cc(/C=C/C(=O)NC(Cc2ccccc2)C(C)(C)O)ccc1-n1cnc(C)c1. The Morgan fingerprint density at radius 2 is 2.00 bits per heavy atom. The molecule has 0 bridgehead atoms. The zero-order valence-corrected chi connectivity index (χ0v) is 18.4. The molecular formula is C25H29N3O3. The predicted molar refractivity (Wildman–Crippen MR) is 122 cm³/mol. The van der Waals surface area contributed by atoms with Crippen LogP contribution in [0.5, 0.6) is 5.75 Å². The van der Waals surface area contributed by atoms with Gasteiger partial charge in [0, 0.05) is 12.3 Å². The highest BCUT2D eigenvalue weighted by molar-refractivity contribution is 5.92. The molecule has 1 heterocycles. The quantitative estimate of drug-likeness (QED) is 0.546. The number of aryl methyl sites for hydroxylation is 1. The monoisotopic (exact) mass is 419 g/mol. The number of benzene rings is 2. The lowest BCUT2D eigenvalue weighted by Gasteiger charge is -2.30. The summed E-state index contributed by atoms with van der Waals surface area (Å²) in [5.74, 6) is 0.412. The van der Waals surface area contributed by atoms with Crippen LogP contribution in [0.25, 0.3) is 11.8 Å². The molecule has 1 amide bonds. The van der Waals surface area contributed by atoms with Crippen LogP contribution in [-0.4, -0.2) is 39.3 Å². The van der Waals surface area contributed by atoms with Gasteiger partial charge in [-0.25, -0.2) is 4.98 Å². The number of carbonyl (C=O) groups excluding carboxylic acids is 1. The number of nitrogens with zero attached hydrogens (tertiary/aromatic N) is 2. The number of amides is 1. The first-order valence-electron chi connectivity index (χ1n) is 10.2. The number of hydrogen-bond donors (Lipinski definition) is 2. The van der Waals surface area contributed by atoms with Gasteiger partial charge in [-0.3, -0.25) is 4.79 Å². The number of carbonyl (C=O) groups is 1. The zero-order valence-electron chi connectivity index (χ0n) is 18.4. The second-order valence-corrected chi connectivity index (χ2v) is 8.09. The van der Waals surface area contributed by atoms with Gasteiger partial charge in [-0.2, -0.15) is 0 Å². The second kappa shape index (κ2) is 9.62. The highest BCUT2D eigenvalue weighted by Crippen LogP contribution is 2.25. The molecule has 0 aliphatic rings. The van der Waals surface area contributed by atoms with Crippen molar-refractivity contribution in [2.24, 2.45) is 0 Å². The average Bonchev–Trinajstić information content (AvgIpc) is 3.17. The van der Waals surface area contributed by atoms with Gasteiger partial charge in [0.15, 0.2) is 0 Å². The molecule has 0 saturated carbocycles. The number of imidazole rings is 1. The third-order valence-corrected chi connectivity index (χ3v) is 5.07. The van der Waals surface area contributed by atoms with Gasteiger partial charge in [-0.1, -0.05) is 36.4 Å². The minimum absolute atomic E-state index is 0.267. The van der Waals surface area contributed by atoms with Gasteiger partial charge in [0.05, 0.1) is 36.5 Å². The first-order chi connectivity index (χ1) is 14.8. The molecular weight excluding hydrogens is 390 g/mol. The standard InChI is InChI=1S/C25H29N3O3/c1-18-16-28(17-26-18)21-12-10-20(14-22(21)31-4)11-13-24(29)27-23(25(2,3)30)15-19-8-6-5-7-9-19/h5-14,16-17,23,30H,15H2,1-4H3,(H,27,29)/b13-11+. The molecule has 162 valence electrons. The van der Waals surface area contributed by atoms with Gasteiger partial charge in [0.2, 0.25) is 5.91 Å². The Hall–Kier alpha value is -3.38. The molecule has 1 aromatic heterocycles. The van der Waals surface area contributed by atoms with Gasteiger partial charge in [-0.15, -0.1) is 0 Å². The molecule has 3 rings (SSSR count). The highest BCUT2D eigenvalue weighted by atomic mass is 16.5. The molecule has 2 aromatic carbocycles. The summed E-state index contributed by atoms with van der Waals surface area (Å²) in [7, 11) is 1.61. The summed E-state index contributed by atoms with van der Waals surface area (Å²) >= 11 is 0. The number of nitrogens with one attached hydrogen (secondary N) is 1. The fourth-order valence-electron chi connectivity index (χ4n) is 3.28. The van der Waals surface area contributed by atoms with Crippen LogP contribution in [0.2, 0.25) is 0 Å².